The standard InChI is InChI=1S/C38H40ClN3O11/c1-2-18-44-38-34(45-20-23-12-6-3-7-13-23)33(31-27(49-38)22-47-36(52-31)25-16-10-5-11-17-25)53-37-29(41-42-40)32(50-28(43)19-39)30-26(48-37)21-46-35(51-30)24-14-8-4-9-15-24/h2-17,26-27,29-38H,1,18-22H2. The second-order valence-electron chi connectivity index (χ2n) is 12.7. The summed E-state index contributed by atoms with van der Waals surface area (Å²) in [6.07, 6.45) is -8.46. The second kappa shape index (κ2) is 18.0. The van der Waals surface area contributed by atoms with Gasteiger partial charge in [0.05, 0.1) is 26.4 Å². The smallest absolute Gasteiger partial charge is 0.321 e. The number of alkyl halides is 1. The lowest BCUT2D eigenvalue weighted by atomic mass is 9.94. The SMILES string of the molecule is C=CCOC1OC2COC(c3ccccc3)OC2C(OC2OC3COC(c4ccccc4)OC3C(OC(=O)CCl)C2N=[N+]=[N-])C1OCc1ccccc1. The Morgan fingerprint density at radius 3 is 1.92 bits per heavy atom. The number of halogens is 1. The molecule has 4 fully saturated rings. The van der Waals surface area contributed by atoms with Crippen LogP contribution in [0.5, 0.6) is 0 Å². The van der Waals surface area contributed by atoms with Crippen molar-refractivity contribution in [1.82, 2.24) is 0 Å². The molecule has 0 saturated carbocycles. The van der Waals surface area contributed by atoms with Crippen LogP contribution >= 0.6 is 11.6 Å². The summed E-state index contributed by atoms with van der Waals surface area (Å²) >= 11 is 5.90. The molecule has 4 aliphatic heterocycles. The number of carbonyl (C=O) groups excluding carboxylic acids is 1. The number of fused-ring (bicyclic) bond motifs is 2. The molecule has 0 radical (unpaired) electrons. The van der Waals surface area contributed by atoms with Gasteiger partial charge in [-0.15, -0.1) is 18.2 Å². The molecular formula is C38H40ClN3O11. The van der Waals surface area contributed by atoms with Gasteiger partial charge < -0.3 is 47.4 Å². The van der Waals surface area contributed by atoms with Crippen molar-refractivity contribution in [1.29, 1.82) is 0 Å². The lowest BCUT2D eigenvalue weighted by Gasteiger charge is -2.52. The topological polar surface area (TPSA) is 158 Å². The third-order valence-corrected chi connectivity index (χ3v) is 9.47. The molecule has 4 aliphatic rings. The van der Waals surface area contributed by atoms with Crippen LogP contribution in [0, 0.1) is 0 Å². The molecular weight excluding hydrogens is 710 g/mol. The molecule has 4 saturated heterocycles. The van der Waals surface area contributed by atoms with Crippen molar-refractivity contribution >= 4 is 17.6 Å². The molecule has 280 valence electrons. The predicted molar refractivity (Wildman–Crippen MR) is 187 cm³/mol. The van der Waals surface area contributed by atoms with Crippen molar-refractivity contribution < 1.29 is 52.2 Å². The summed E-state index contributed by atoms with van der Waals surface area (Å²) in [6, 6.07) is 27.1. The summed E-state index contributed by atoms with van der Waals surface area (Å²) in [7, 11) is 0. The van der Waals surface area contributed by atoms with E-state index in [9.17, 15) is 10.3 Å². The molecule has 3 aromatic carbocycles. The molecule has 0 N–H and O–H groups in total. The van der Waals surface area contributed by atoms with Gasteiger partial charge >= 0.3 is 5.97 Å². The van der Waals surface area contributed by atoms with E-state index in [1.807, 2.05) is 91.0 Å². The van der Waals surface area contributed by atoms with Crippen molar-refractivity contribution in [2.75, 3.05) is 25.7 Å². The number of hydrogen-bond donors (Lipinski definition) is 0. The van der Waals surface area contributed by atoms with Gasteiger partial charge in [-0.2, -0.15) is 0 Å². The van der Waals surface area contributed by atoms with Gasteiger partial charge in [0.1, 0.15) is 54.6 Å². The molecule has 0 aromatic heterocycles. The van der Waals surface area contributed by atoms with Crippen LogP contribution in [-0.2, 0) is 58.8 Å². The number of carbonyl (C=O) groups is 1. The number of hydrogen-bond acceptors (Lipinski definition) is 12. The lowest BCUT2D eigenvalue weighted by molar-refractivity contribution is -0.398. The molecule has 0 aliphatic carbocycles. The molecule has 0 bridgehead atoms. The van der Waals surface area contributed by atoms with E-state index < -0.39 is 85.8 Å². The van der Waals surface area contributed by atoms with Crippen LogP contribution < -0.4 is 0 Å². The maximum Gasteiger partial charge on any atom is 0.321 e. The first kappa shape index (κ1) is 37.4. The molecule has 7 rings (SSSR count). The Labute approximate surface area is 311 Å². The minimum Gasteiger partial charge on any atom is -0.458 e. The van der Waals surface area contributed by atoms with Gasteiger partial charge in [-0.3, -0.25) is 4.79 Å². The minimum atomic E-state index is -1.31. The van der Waals surface area contributed by atoms with Crippen LogP contribution in [-0.4, -0.2) is 93.0 Å². The number of rotatable bonds is 13. The van der Waals surface area contributed by atoms with Gasteiger partial charge in [-0.05, 0) is 11.1 Å². The highest BCUT2D eigenvalue weighted by atomic mass is 35.5. The normalized spacial score (nSPS) is 33.8. The van der Waals surface area contributed by atoms with Gasteiger partial charge in [0.15, 0.2) is 25.2 Å². The molecule has 12 atom stereocenters. The fourth-order valence-corrected chi connectivity index (χ4v) is 6.89. The molecule has 0 amide bonds. The first-order valence-corrected chi connectivity index (χ1v) is 17.9. The monoisotopic (exact) mass is 749 g/mol. The summed E-state index contributed by atoms with van der Waals surface area (Å²) in [5, 5.41) is 4.05. The van der Waals surface area contributed by atoms with Crippen LogP contribution in [0.2, 0.25) is 0 Å². The third kappa shape index (κ3) is 8.75. The molecule has 4 heterocycles. The Balaban J connectivity index is 1.23. The Morgan fingerprint density at radius 2 is 1.36 bits per heavy atom. The molecule has 12 unspecified atom stereocenters. The average Bonchev–Trinajstić information content (AvgIpc) is 3.21. The molecule has 3 aromatic rings. The van der Waals surface area contributed by atoms with Gasteiger partial charge in [0.2, 0.25) is 0 Å². The summed E-state index contributed by atoms with van der Waals surface area (Å²) < 4.78 is 63.4. The van der Waals surface area contributed by atoms with E-state index in [4.69, 9.17) is 59.0 Å². The zero-order valence-electron chi connectivity index (χ0n) is 28.6. The van der Waals surface area contributed by atoms with Gasteiger partial charge in [-0.25, -0.2) is 0 Å². The Morgan fingerprint density at radius 1 is 0.792 bits per heavy atom. The Kier molecular flexibility index (Phi) is 12.7. The van der Waals surface area contributed by atoms with Crippen LogP contribution in [0.1, 0.15) is 29.3 Å². The largest absolute Gasteiger partial charge is 0.458 e. The van der Waals surface area contributed by atoms with Gasteiger partial charge in [0.25, 0.3) is 0 Å². The number of ether oxygens (including phenoxy) is 10. The highest BCUT2D eigenvalue weighted by Gasteiger charge is 2.57. The van der Waals surface area contributed by atoms with Crippen molar-refractivity contribution in [2.24, 2.45) is 5.11 Å². The van der Waals surface area contributed by atoms with Crippen molar-refractivity contribution in [3.63, 3.8) is 0 Å². The van der Waals surface area contributed by atoms with E-state index in [-0.39, 0.29) is 26.4 Å². The zero-order chi connectivity index (χ0) is 36.6. The quantitative estimate of drug-likeness (QED) is 0.0530. The lowest BCUT2D eigenvalue weighted by Crippen LogP contribution is -2.67. The first-order chi connectivity index (χ1) is 26.1. The number of benzene rings is 3. The summed E-state index contributed by atoms with van der Waals surface area (Å²) in [5.41, 5.74) is 12.3. The fraction of sp³-hybridized carbons (Fsp3) is 0.447. The zero-order valence-corrected chi connectivity index (χ0v) is 29.4. The average molecular weight is 750 g/mol. The first-order valence-electron chi connectivity index (χ1n) is 17.3. The van der Waals surface area contributed by atoms with Gasteiger partial charge in [-0.1, -0.05) is 102 Å². The Bertz CT molecular complexity index is 1690. The van der Waals surface area contributed by atoms with E-state index in [0.29, 0.717) is 0 Å². The number of nitrogens with zero attached hydrogens (tertiary/aromatic N) is 3. The fourth-order valence-electron chi connectivity index (χ4n) is 6.83. The van der Waals surface area contributed by atoms with E-state index in [1.165, 1.54) is 0 Å². The van der Waals surface area contributed by atoms with Crippen LogP contribution in [0.15, 0.2) is 109 Å². The number of azide groups is 1. The van der Waals surface area contributed by atoms with Crippen molar-refractivity contribution in [3.8, 4) is 0 Å². The van der Waals surface area contributed by atoms with Crippen molar-refractivity contribution in [3.05, 3.63) is 131 Å². The van der Waals surface area contributed by atoms with Gasteiger partial charge in [0, 0.05) is 16.0 Å². The van der Waals surface area contributed by atoms with Crippen LogP contribution in [0.3, 0.4) is 0 Å². The highest BCUT2D eigenvalue weighted by Crippen LogP contribution is 2.41. The van der Waals surface area contributed by atoms with E-state index in [0.717, 1.165) is 16.7 Å². The van der Waals surface area contributed by atoms with Crippen molar-refractivity contribution in [2.45, 2.75) is 80.5 Å². The van der Waals surface area contributed by atoms with Crippen LogP contribution in [0.4, 0.5) is 0 Å². The molecule has 0 spiro atoms. The summed E-state index contributed by atoms with van der Waals surface area (Å²) in [4.78, 5) is 15.9. The third-order valence-electron chi connectivity index (χ3n) is 9.25. The molecule has 53 heavy (non-hydrogen) atoms. The maximum atomic E-state index is 12.8. The molecule has 14 nitrogen and oxygen atoms in total. The maximum absolute atomic E-state index is 12.8. The number of esters is 1. The van der Waals surface area contributed by atoms with Crippen LogP contribution in [0.25, 0.3) is 10.4 Å². The van der Waals surface area contributed by atoms with E-state index >= 15 is 0 Å². The summed E-state index contributed by atoms with van der Waals surface area (Å²) in [5.74, 6) is -1.19. The predicted octanol–water partition coefficient (Wildman–Crippen LogP) is 5.67. The minimum absolute atomic E-state index is 0.0429. The van der Waals surface area contributed by atoms with E-state index in [2.05, 4.69) is 16.6 Å². The van der Waals surface area contributed by atoms with E-state index in [1.54, 1.807) is 6.08 Å². The highest BCUT2D eigenvalue weighted by molar-refractivity contribution is 6.26. The Hall–Kier alpha value is -3.89. The summed E-state index contributed by atoms with van der Waals surface area (Å²) in [6.45, 7) is 4.29. The molecule has 15 heteroatoms. The second-order valence-corrected chi connectivity index (χ2v) is 13.0.